The van der Waals surface area contributed by atoms with Crippen molar-refractivity contribution in [2.45, 2.75) is 25.4 Å². The van der Waals surface area contributed by atoms with Crippen LogP contribution in [0.1, 0.15) is 36.7 Å². The van der Waals surface area contributed by atoms with Crippen molar-refractivity contribution in [1.29, 1.82) is 5.26 Å². The van der Waals surface area contributed by atoms with Crippen LogP contribution in [-0.2, 0) is 10.4 Å². The molecule has 39 heavy (non-hydrogen) atoms. The van der Waals surface area contributed by atoms with Gasteiger partial charge in [0.25, 0.3) is 0 Å². The summed E-state index contributed by atoms with van der Waals surface area (Å²) < 4.78 is 42.0. The van der Waals surface area contributed by atoms with Gasteiger partial charge in [-0.25, -0.2) is 13.2 Å². The second-order valence-electron chi connectivity index (χ2n) is 10.4. The number of carbonyl (C=O) groups is 1. The molecule has 1 aromatic carbocycles. The van der Waals surface area contributed by atoms with Gasteiger partial charge >= 0.3 is 0 Å². The fourth-order valence-corrected chi connectivity index (χ4v) is 5.97. The van der Waals surface area contributed by atoms with Crippen molar-refractivity contribution in [3.05, 3.63) is 83.1 Å². The van der Waals surface area contributed by atoms with Gasteiger partial charge in [-0.1, -0.05) is 26.0 Å². The summed E-state index contributed by atoms with van der Waals surface area (Å²) in [5, 5.41) is 28.6. The lowest BCUT2D eigenvalue weighted by Gasteiger charge is -2.48. The minimum Gasteiger partial charge on any atom is -0.384 e. The van der Waals surface area contributed by atoms with E-state index in [1.165, 1.54) is 18.2 Å². The number of carbonyl (C=O) groups excluding carboxylic acids is 1. The van der Waals surface area contributed by atoms with Gasteiger partial charge in [-0.3, -0.25) is 9.78 Å². The largest absolute Gasteiger partial charge is 0.384 e. The maximum atomic E-state index is 14.9. The van der Waals surface area contributed by atoms with Crippen LogP contribution in [0.3, 0.4) is 0 Å². The van der Waals surface area contributed by atoms with Crippen molar-refractivity contribution in [2.24, 2.45) is 17.8 Å². The van der Waals surface area contributed by atoms with Gasteiger partial charge < -0.3 is 14.9 Å². The number of amides is 1. The number of halogens is 3. The molecule has 2 saturated heterocycles. The van der Waals surface area contributed by atoms with Gasteiger partial charge in [-0.2, -0.15) is 5.26 Å². The average molecular weight is 537 g/mol. The Kier molecular flexibility index (Phi) is 6.99. The molecular weight excluding hydrogens is 509 g/mol. The van der Waals surface area contributed by atoms with Gasteiger partial charge in [0, 0.05) is 50.0 Å². The predicted molar refractivity (Wildman–Crippen MR) is 135 cm³/mol. The van der Waals surface area contributed by atoms with E-state index in [2.05, 4.69) is 15.2 Å². The van der Waals surface area contributed by atoms with E-state index >= 15 is 0 Å². The summed E-state index contributed by atoms with van der Waals surface area (Å²) in [6, 6.07) is 11.5. The first-order chi connectivity index (χ1) is 18.6. The molecule has 0 saturated carbocycles. The summed E-state index contributed by atoms with van der Waals surface area (Å²) in [6.45, 7) is 4.51. The summed E-state index contributed by atoms with van der Waals surface area (Å²) in [5.41, 5.74) is -0.565. The van der Waals surface area contributed by atoms with E-state index in [1.54, 1.807) is 28.0 Å². The quantitative estimate of drug-likeness (QED) is 0.545. The number of likely N-dealkylation sites (tertiary alicyclic amines) is 1. The van der Waals surface area contributed by atoms with Gasteiger partial charge in [-0.05, 0) is 29.8 Å². The smallest absolute Gasteiger partial charge is 0.228 e. The number of piperidine rings is 1. The van der Waals surface area contributed by atoms with Gasteiger partial charge in [0.05, 0.1) is 23.4 Å². The Balaban J connectivity index is 1.43. The number of pyridine rings is 1. The molecule has 3 aromatic rings. The monoisotopic (exact) mass is 536 g/mol. The number of hydrogen-bond acceptors (Lipinski definition) is 7. The second-order valence-corrected chi connectivity index (χ2v) is 10.4. The normalized spacial score (nSPS) is 26.9. The summed E-state index contributed by atoms with van der Waals surface area (Å²) in [7, 11) is 0. The van der Waals surface area contributed by atoms with Crippen molar-refractivity contribution in [3.8, 4) is 6.07 Å². The first kappa shape index (κ1) is 26.6. The van der Waals surface area contributed by atoms with E-state index < -0.39 is 34.9 Å². The van der Waals surface area contributed by atoms with E-state index in [4.69, 9.17) is 5.26 Å². The number of benzene rings is 1. The number of hydrogen-bond donors (Lipinski definition) is 1. The molecule has 1 N–H and O–H groups in total. The number of nitrogens with zero attached hydrogens (tertiary/aromatic N) is 6. The lowest BCUT2D eigenvalue weighted by atomic mass is 9.70. The van der Waals surface area contributed by atoms with Gasteiger partial charge in [0.1, 0.15) is 23.5 Å². The Morgan fingerprint density at radius 3 is 2.28 bits per heavy atom. The molecule has 4 heterocycles. The third-order valence-corrected chi connectivity index (χ3v) is 8.02. The molecule has 2 aromatic heterocycles. The average Bonchev–Trinajstić information content (AvgIpc) is 3.36. The zero-order valence-corrected chi connectivity index (χ0v) is 21.4. The number of nitriles is 1. The number of rotatable bonds is 4. The number of aliphatic hydroxyl groups is 1. The maximum absolute atomic E-state index is 14.9. The molecule has 2 aliphatic heterocycles. The van der Waals surface area contributed by atoms with Crippen LogP contribution in [0.15, 0.2) is 48.7 Å². The lowest BCUT2D eigenvalue weighted by molar-refractivity contribution is -0.152. The minimum atomic E-state index is -1.27. The standard InChI is InChI=1S/C28H27F3N6O2/c1-16-12-37(13-17(2)28(16,39)18-3-5-19(29)6-4-18)27(38)23-15-36(25-8-7-21(10-32)34-35-25)14-22(23)26-24(31)9-20(30)11-33-26/h3-9,11,16-17,22-23,39H,12-15H2,1-2H3/t16-,17+,22-,23+,28?/m1/s1. The van der Waals surface area contributed by atoms with Gasteiger partial charge in [0.2, 0.25) is 5.91 Å². The number of aromatic nitrogens is 3. The van der Waals surface area contributed by atoms with E-state index in [0.717, 1.165) is 12.3 Å². The van der Waals surface area contributed by atoms with E-state index in [9.17, 15) is 23.1 Å². The van der Waals surface area contributed by atoms with Crippen LogP contribution in [0.2, 0.25) is 0 Å². The van der Waals surface area contributed by atoms with Crippen LogP contribution in [0.5, 0.6) is 0 Å². The molecule has 2 aliphatic rings. The van der Waals surface area contributed by atoms with Crippen molar-refractivity contribution in [1.82, 2.24) is 20.1 Å². The summed E-state index contributed by atoms with van der Waals surface area (Å²) in [5.74, 6) is -4.06. The third kappa shape index (κ3) is 4.81. The topological polar surface area (TPSA) is 106 Å². The maximum Gasteiger partial charge on any atom is 0.228 e. The van der Waals surface area contributed by atoms with E-state index in [-0.39, 0.29) is 55.3 Å². The summed E-state index contributed by atoms with van der Waals surface area (Å²) in [6.07, 6.45) is 0.929. The predicted octanol–water partition coefficient (Wildman–Crippen LogP) is 3.38. The molecular formula is C28H27F3N6O2. The third-order valence-electron chi connectivity index (χ3n) is 8.02. The Labute approximate surface area is 223 Å². The van der Waals surface area contributed by atoms with Crippen LogP contribution in [0, 0.1) is 46.5 Å². The molecule has 0 radical (unpaired) electrons. The van der Waals surface area contributed by atoms with Crippen molar-refractivity contribution in [3.63, 3.8) is 0 Å². The van der Waals surface area contributed by atoms with Crippen LogP contribution >= 0.6 is 0 Å². The van der Waals surface area contributed by atoms with Gasteiger partial charge in [0.15, 0.2) is 11.5 Å². The van der Waals surface area contributed by atoms with Crippen LogP contribution in [0.4, 0.5) is 19.0 Å². The summed E-state index contributed by atoms with van der Waals surface area (Å²) >= 11 is 0. The second kappa shape index (κ2) is 10.3. The van der Waals surface area contributed by atoms with Crippen molar-refractivity contribution >= 4 is 11.7 Å². The highest BCUT2D eigenvalue weighted by atomic mass is 19.1. The van der Waals surface area contributed by atoms with Crippen LogP contribution in [-0.4, -0.2) is 57.3 Å². The fourth-order valence-electron chi connectivity index (χ4n) is 5.97. The zero-order valence-electron chi connectivity index (χ0n) is 21.4. The van der Waals surface area contributed by atoms with E-state index in [1.807, 2.05) is 19.9 Å². The molecule has 11 heteroatoms. The molecule has 5 rings (SSSR count). The lowest BCUT2D eigenvalue weighted by Crippen LogP contribution is -2.57. The first-order valence-electron chi connectivity index (χ1n) is 12.7. The Morgan fingerprint density at radius 1 is 1.00 bits per heavy atom. The molecule has 2 fully saturated rings. The highest BCUT2D eigenvalue weighted by Crippen LogP contribution is 2.43. The molecule has 1 unspecified atom stereocenters. The Morgan fingerprint density at radius 2 is 1.69 bits per heavy atom. The van der Waals surface area contributed by atoms with Crippen LogP contribution < -0.4 is 4.90 Å². The van der Waals surface area contributed by atoms with Crippen LogP contribution in [0.25, 0.3) is 0 Å². The number of anilines is 1. The highest BCUT2D eigenvalue weighted by Gasteiger charge is 2.49. The van der Waals surface area contributed by atoms with Crippen molar-refractivity contribution < 1.29 is 23.1 Å². The first-order valence-corrected chi connectivity index (χ1v) is 12.7. The molecule has 0 aliphatic carbocycles. The van der Waals surface area contributed by atoms with Gasteiger partial charge in [-0.15, -0.1) is 10.2 Å². The molecule has 0 spiro atoms. The molecule has 5 atom stereocenters. The minimum absolute atomic E-state index is 0.0141. The fraction of sp³-hybridized carbons (Fsp3) is 0.393. The molecule has 8 nitrogen and oxygen atoms in total. The highest BCUT2D eigenvalue weighted by molar-refractivity contribution is 5.82. The molecule has 0 bridgehead atoms. The Hall–Kier alpha value is -4.04. The zero-order chi connectivity index (χ0) is 27.9. The van der Waals surface area contributed by atoms with E-state index in [0.29, 0.717) is 11.4 Å². The SMILES string of the molecule is C[C@@H]1CN(C(=O)[C@H]2CN(c3ccc(C#N)nn3)C[C@H]2c2ncc(F)cc2F)C[C@H](C)C1(O)c1ccc(F)cc1. The molecule has 1 amide bonds. The molecule has 202 valence electrons. The summed E-state index contributed by atoms with van der Waals surface area (Å²) in [4.78, 5) is 21.4. The Bertz CT molecular complexity index is 1400. The van der Waals surface area contributed by atoms with Crippen molar-refractivity contribution in [2.75, 3.05) is 31.1 Å².